The minimum atomic E-state index is -0.0268. The number of nitrogens with zero attached hydrogens (tertiary/aromatic N) is 4. The Morgan fingerprint density at radius 3 is 2.74 bits per heavy atom. The smallest absolute Gasteiger partial charge is 0.230 e. The molecule has 27 heavy (non-hydrogen) atoms. The van der Waals surface area contributed by atoms with Gasteiger partial charge in [-0.1, -0.05) is 67.6 Å². The van der Waals surface area contributed by atoms with Crippen LogP contribution in [0, 0.1) is 6.92 Å². The van der Waals surface area contributed by atoms with Crippen LogP contribution in [0.15, 0.2) is 59.8 Å². The van der Waals surface area contributed by atoms with Crippen molar-refractivity contribution in [1.82, 2.24) is 25.5 Å². The zero-order valence-corrected chi connectivity index (χ0v) is 16.3. The third-order valence-corrected chi connectivity index (χ3v) is 5.05. The summed E-state index contributed by atoms with van der Waals surface area (Å²) in [5.74, 6) is 0.236. The second kappa shape index (κ2) is 9.32. The van der Waals surface area contributed by atoms with Crippen molar-refractivity contribution in [3.63, 3.8) is 0 Å². The lowest BCUT2D eigenvalue weighted by molar-refractivity contribution is -0.119. The molecular weight excluding hydrogens is 358 g/mol. The zero-order chi connectivity index (χ0) is 19.1. The summed E-state index contributed by atoms with van der Waals surface area (Å²) < 4.78 is 1.66. The number of aromatic nitrogens is 4. The molecule has 2 aromatic carbocycles. The molecule has 140 valence electrons. The number of tetrazole rings is 1. The van der Waals surface area contributed by atoms with Crippen LogP contribution in [0.1, 0.15) is 36.9 Å². The number of hydrogen-bond donors (Lipinski definition) is 1. The van der Waals surface area contributed by atoms with Crippen LogP contribution in [-0.4, -0.2) is 31.9 Å². The molecule has 0 fully saturated rings. The van der Waals surface area contributed by atoms with E-state index in [1.807, 2.05) is 61.5 Å². The maximum atomic E-state index is 12.5. The van der Waals surface area contributed by atoms with Gasteiger partial charge in [-0.25, -0.2) is 0 Å². The van der Waals surface area contributed by atoms with E-state index in [-0.39, 0.29) is 17.7 Å². The van der Waals surface area contributed by atoms with E-state index >= 15 is 0 Å². The fourth-order valence-electron chi connectivity index (χ4n) is 2.85. The van der Waals surface area contributed by atoms with Gasteiger partial charge in [0.05, 0.1) is 17.5 Å². The van der Waals surface area contributed by atoms with Crippen molar-refractivity contribution in [2.24, 2.45) is 0 Å². The molecule has 0 spiro atoms. The summed E-state index contributed by atoms with van der Waals surface area (Å²) in [5, 5.41) is 15.6. The van der Waals surface area contributed by atoms with Gasteiger partial charge in [-0.15, -0.1) is 5.10 Å². The topological polar surface area (TPSA) is 72.7 Å². The number of carbonyl (C=O) groups excluding carboxylic acids is 1. The molecule has 7 heteroatoms. The number of nitrogens with one attached hydrogen (secondary N) is 1. The third-order valence-electron chi connectivity index (χ3n) is 4.13. The lowest BCUT2D eigenvalue weighted by atomic mass is 10.0. The van der Waals surface area contributed by atoms with Crippen molar-refractivity contribution in [2.45, 2.75) is 37.9 Å². The highest BCUT2D eigenvalue weighted by atomic mass is 32.2. The molecule has 1 atom stereocenters. The Balaban J connectivity index is 1.63. The van der Waals surface area contributed by atoms with Crippen LogP contribution in [-0.2, 0) is 4.79 Å². The molecule has 1 amide bonds. The average Bonchev–Trinajstić information content (AvgIpc) is 3.15. The molecule has 3 aromatic rings. The normalized spacial score (nSPS) is 11.9. The molecule has 0 saturated heterocycles. The van der Waals surface area contributed by atoms with Crippen molar-refractivity contribution in [3.05, 3.63) is 65.7 Å². The van der Waals surface area contributed by atoms with Gasteiger partial charge in [0.1, 0.15) is 0 Å². The molecule has 1 heterocycles. The van der Waals surface area contributed by atoms with Crippen molar-refractivity contribution in [2.75, 3.05) is 5.75 Å². The van der Waals surface area contributed by atoms with Crippen LogP contribution in [0.3, 0.4) is 0 Å². The van der Waals surface area contributed by atoms with Gasteiger partial charge in [-0.3, -0.25) is 4.79 Å². The molecular formula is C20H23N5OS. The first-order valence-electron chi connectivity index (χ1n) is 9.00. The van der Waals surface area contributed by atoms with Crippen LogP contribution in [0.4, 0.5) is 0 Å². The van der Waals surface area contributed by atoms with Gasteiger partial charge in [0.25, 0.3) is 0 Å². The molecule has 0 radical (unpaired) electrons. The summed E-state index contributed by atoms with van der Waals surface area (Å²) in [5.41, 5.74) is 3.14. The van der Waals surface area contributed by atoms with Crippen molar-refractivity contribution in [1.29, 1.82) is 0 Å². The summed E-state index contributed by atoms with van der Waals surface area (Å²) in [4.78, 5) is 12.5. The average molecular weight is 382 g/mol. The number of carbonyl (C=O) groups is 1. The van der Waals surface area contributed by atoms with E-state index in [4.69, 9.17) is 0 Å². The van der Waals surface area contributed by atoms with E-state index in [2.05, 4.69) is 27.8 Å². The van der Waals surface area contributed by atoms with Gasteiger partial charge in [0, 0.05) is 0 Å². The van der Waals surface area contributed by atoms with Gasteiger partial charge in [-0.05, 0) is 47.0 Å². The Kier molecular flexibility index (Phi) is 6.59. The second-order valence-corrected chi connectivity index (χ2v) is 7.26. The molecule has 0 aliphatic carbocycles. The molecule has 1 aromatic heterocycles. The minimum absolute atomic E-state index is 0.0251. The van der Waals surface area contributed by atoms with Gasteiger partial charge >= 0.3 is 0 Å². The summed E-state index contributed by atoms with van der Waals surface area (Å²) in [6, 6.07) is 18.0. The Hall–Kier alpha value is -2.67. The monoisotopic (exact) mass is 381 g/mol. The molecule has 0 saturated carbocycles. The Morgan fingerprint density at radius 2 is 2.00 bits per heavy atom. The summed E-state index contributed by atoms with van der Waals surface area (Å²) in [6.07, 6.45) is 1.90. The maximum absolute atomic E-state index is 12.5. The fraction of sp³-hybridized carbons (Fsp3) is 0.300. The van der Waals surface area contributed by atoms with Gasteiger partial charge in [0.15, 0.2) is 0 Å². The SMILES string of the molecule is CCCC(NC(=O)CSc1nnnn1-c1cccc(C)c1)c1ccccc1. The van der Waals surface area contributed by atoms with E-state index in [0.29, 0.717) is 5.16 Å². The van der Waals surface area contributed by atoms with E-state index < -0.39 is 0 Å². The Bertz CT molecular complexity index is 881. The molecule has 1 unspecified atom stereocenters. The van der Waals surface area contributed by atoms with E-state index in [1.54, 1.807) is 4.68 Å². The number of aryl methyl sites for hydroxylation is 1. The van der Waals surface area contributed by atoms with E-state index in [0.717, 1.165) is 29.7 Å². The summed E-state index contributed by atoms with van der Waals surface area (Å²) in [7, 11) is 0. The van der Waals surface area contributed by atoms with Crippen LogP contribution < -0.4 is 5.32 Å². The zero-order valence-electron chi connectivity index (χ0n) is 15.5. The largest absolute Gasteiger partial charge is 0.349 e. The van der Waals surface area contributed by atoms with Crippen LogP contribution in [0.25, 0.3) is 5.69 Å². The molecule has 0 bridgehead atoms. The number of hydrogen-bond acceptors (Lipinski definition) is 5. The fourth-order valence-corrected chi connectivity index (χ4v) is 3.55. The lowest BCUT2D eigenvalue weighted by Gasteiger charge is -2.18. The van der Waals surface area contributed by atoms with E-state index in [9.17, 15) is 4.79 Å². The Labute approximate surface area is 163 Å². The number of rotatable bonds is 8. The maximum Gasteiger partial charge on any atom is 0.230 e. The minimum Gasteiger partial charge on any atom is -0.349 e. The number of benzene rings is 2. The van der Waals surface area contributed by atoms with Gasteiger partial charge in [0.2, 0.25) is 11.1 Å². The van der Waals surface area contributed by atoms with Crippen molar-refractivity contribution < 1.29 is 4.79 Å². The lowest BCUT2D eigenvalue weighted by Crippen LogP contribution is -2.30. The predicted octanol–water partition coefficient (Wildman–Crippen LogP) is 3.72. The molecule has 0 aliphatic rings. The Morgan fingerprint density at radius 1 is 1.19 bits per heavy atom. The van der Waals surface area contributed by atoms with Gasteiger partial charge in [-0.2, -0.15) is 4.68 Å². The molecule has 3 rings (SSSR count). The highest BCUT2D eigenvalue weighted by Gasteiger charge is 2.16. The molecule has 0 aliphatic heterocycles. The quantitative estimate of drug-likeness (QED) is 0.602. The van der Waals surface area contributed by atoms with Gasteiger partial charge < -0.3 is 5.32 Å². The standard InChI is InChI=1S/C20H23N5OS/c1-3-8-18(16-10-5-4-6-11-16)21-19(26)14-27-20-22-23-24-25(20)17-12-7-9-15(2)13-17/h4-7,9-13,18H,3,8,14H2,1-2H3,(H,21,26). The highest BCUT2D eigenvalue weighted by molar-refractivity contribution is 7.99. The first kappa shape index (κ1) is 19.1. The predicted molar refractivity (Wildman–Crippen MR) is 107 cm³/mol. The summed E-state index contributed by atoms with van der Waals surface area (Å²) >= 11 is 1.33. The molecule has 1 N–H and O–H groups in total. The second-order valence-electron chi connectivity index (χ2n) is 6.32. The van der Waals surface area contributed by atoms with Crippen LogP contribution >= 0.6 is 11.8 Å². The van der Waals surface area contributed by atoms with Crippen LogP contribution in [0.2, 0.25) is 0 Å². The van der Waals surface area contributed by atoms with Crippen LogP contribution in [0.5, 0.6) is 0 Å². The number of thioether (sulfide) groups is 1. The van der Waals surface area contributed by atoms with Crippen molar-refractivity contribution in [3.8, 4) is 5.69 Å². The van der Waals surface area contributed by atoms with Crippen molar-refractivity contribution >= 4 is 17.7 Å². The first-order chi connectivity index (χ1) is 13.2. The summed E-state index contributed by atoms with van der Waals surface area (Å²) in [6.45, 7) is 4.14. The molecule has 6 nitrogen and oxygen atoms in total. The third kappa shape index (κ3) is 5.17. The van der Waals surface area contributed by atoms with E-state index in [1.165, 1.54) is 11.8 Å². The number of amides is 1. The first-order valence-corrected chi connectivity index (χ1v) is 9.98. The highest BCUT2D eigenvalue weighted by Crippen LogP contribution is 2.21.